The van der Waals surface area contributed by atoms with Crippen molar-refractivity contribution in [1.82, 2.24) is 9.97 Å². The first-order valence-corrected chi connectivity index (χ1v) is 11.0. The molecule has 0 radical (unpaired) electrons. The van der Waals surface area contributed by atoms with Gasteiger partial charge in [-0.1, -0.05) is 12.1 Å². The third-order valence-electron chi connectivity index (χ3n) is 4.42. The molecule has 0 saturated carbocycles. The topological polar surface area (TPSA) is 95.7 Å². The van der Waals surface area contributed by atoms with E-state index < -0.39 is 21.8 Å². The first kappa shape index (κ1) is 20.8. The number of anilines is 1. The van der Waals surface area contributed by atoms with Crippen LogP contribution in [0.4, 0.5) is 18.3 Å². The molecular weight excluding hydrogens is 449 g/mol. The molecule has 0 fully saturated rings. The fourth-order valence-electron chi connectivity index (χ4n) is 3.01. The van der Waals surface area contributed by atoms with Gasteiger partial charge in [0.25, 0.3) is 10.0 Å². The quantitative estimate of drug-likeness (QED) is 0.460. The molecule has 0 saturated heterocycles. The number of hydrogen-bond donors (Lipinski definition) is 1. The van der Waals surface area contributed by atoms with Crippen molar-refractivity contribution in [3.05, 3.63) is 71.4 Å². The Morgan fingerprint density at radius 3 is 2.52 bits per heavy atom. The van der Waals surface area contributed by atoms with Gasteiger partial charge in [-0.15, -0.1) is 11.3 Å². The number of nitrogens with zero attached hydrogens (tertiary/aromatic N) is 3. The van der Waals surface area contributed by atoms with Crippen LogP contribution >= 0.6 is 11.3 Å². The second-order valence-electron chi connectivity index (χ2n) is 6.36. The number of hydrogen-bond acceptors (Lipinski definition) is 6. The predicted molar refractivity (Wildman–Crippen MR) is 110 cm³/mol. The Morgan fingerprint density at radius 1 is 1.03 bits per heavy atom. The first-order chi connectivity index (χ1) is 14.7. The van der Waals surface area contributed by atoms with Gasteiger partial charge in [-0.25, -0.2) is 13.4 Å². The van der Waals surface area contributed by atoms with E-state index in [1.807, 2.05) is 0 Å². The van der Waals surface area contributed by atoms with E-state index in [1.165, 1.54) is 36.7 Å². The highest BCUT2D eigenvalue weighted by Gasteiger charge is 2.31. The Labute approximate surface area is 178 Å². The highest BCUT2D eigenvalue weighted by atomic mass is 32.2. The Hall–Kier alpha value is -3.49. The zero-order chi connectivity index (χ0) is 22.2. The van der Waals surface area contributed by atoms with Crippen LogP contribution in [0.25, 0.3) is 22.0 Å². The van der Waals surface area contributed by atoms with Gasteiger partial charge >= 0.3 is 6.18 Å². The lowest BCUT2D eigenvalue weighted by Crippen LogP contribution is -2.12. The van der Waals surface area contributed by atoms with Crippen LogP contribution in [0.15, 0.2) is 65.1 Å². The minimum Gasteiger partial charge on any atom is -0.256 e. The number of alkyl halides is 3. The predicted octanol–water partition coefficient (Wildman–Crippen LogP) is 5.05. The maximum absolute atomic E-state index is 13.0. The largest absolute Gasteiger partial charge is 0.416 e. The zero-order valence-electron chi connectivity index (χ0n) is 15.4. The minimum atomic E-state index is -4.58. The van der Waals surface area contributed by atoms with Crippen molar-refractivity contribution >= 4 is 37.3 Å². The molecule has 0 aliphatic rings. The van der Waals surface area contributed by atoms with Gasteiger partial charge in [-0.05, 0) is 35.7 Å². The molecule has 2 heterocycles. The molecule has 0 aliphatic carbocycles. The summed E-state index contributed by atoms with van der Waals surface area (Å²) in [5.74, 6) is 0. The maximum atomic E-state index is 13.0. The lowest BCUT2D eigenvalue weighted by Gasteiger charge is -2.12. The number of sulfonamides is 1. The molecule has 0 amide bonds. The summed E-state index contributed by atoms with van der Waals surface area (Å²) >= 11 is 1.13. The molecule has 4 rings (SSSR count). The summed E-state index contributed by atoms with van der Waals surface area (Å²) in [7, 11) is -3.89. The number of thiazole rings is 1. The standard InChI is InChI=1S/C20H11F3N4O2S2/c21-20(22,23)14-1-3-17(13(9-14)11-24)18-16-4-2-15(10-12(16)5-6-25-18)31(28,29)27-19-26-7-8-30-19/h1-10H,(H,26,27). The SMILES string of the molecule is N#Cc1cc(C(F)(F)F)ccc1-c1nccc2cc(S(=O)(=O)Nc3nccs3)ccc12. The van der Waals surface area contributed by atoms with E-state index in [1.54, 1.807) is 17.5 Å². The van der Waals surface area contributed by atoms with Gasteiger partial charge in [0.15, 0.2) is 5.13 Å². The third-order valence-corrected chi connectivity index (χ3v) is 6.58. The second-order valence-corrected chi connectivity index (χ2v) is 8.93. The number of fused-ring (bicyclic) bond motifs is 1. The molecule has 156 valence electrons. The number of rotatable bonds is 4. The number of halogens is 3. The minimum absolute atomic E-state index is 0.0136. The average Bonchev–Trinajstić information content (AvgIpc) is 3.24. The van der Waals surface area contributed by atoms with Crippen LogP contribution < -0.4 is 4.72 Å². The third kappa shape index (κ3) is 4.08. The van der Waals surface area contributed by atoms with Crippen LogP contribution in [-0.4, -0.2) is 18.4 Å². The Kier molecular flexibility index (Phi) is 5.12. The normalized spacial score (nSPS) is 11.9. The molecule has 31 heavy (non-hydrogen) atoms. The van der Waals surface area contributed by atoms with Crippen molar-refractivity contribution in [1.29, 1.82) is 5.26 Å². The van der Waals surface area contributed by atoms with Crippen molar-refractivity contribution in [2.45, 2.75) is 11.1 Å². The summed E-state index contributed by atoms with van der Waals surface area (Å²) in [5.41, 5.74) is -0.621. The molecule has 0 unspecified atom stereocenters. The second kappa shape index (κ2) is 7.64. The molecule has 0 aliphatic heterocycles. The number of pyridine rings is 1. The van der Waals surface area contributed by atoms with Gasteiger partial charge in [0.05, 0.1) is 27.8 Å². The summed E-state index contributed by atoms with van der Waals surface area (Å²) in [6.45, 7) is 0. The van der Waals surface area contributed by atoms with Crippen LogP contribution in [0.3, 0.4) is 0 Å². The van der Waals surface area contributed by atoms with Crippen molar-refractivity contribution in [2.75, 3.05) is 4.72 Å². The Morgan fingerprint density at radius 2 is 1.84 bits per heavy atom. The first-order valence-electron chi connectivity index (χ1n) is 8.62. The molecule has 6 nitrogen and oxygen atoms in total. The van der Waals surface area contributed by atoms with E-state index in [0.29, 0.717) is 10.8 Å². The smallest absolute Gasteiger partial charge is 0.256 e. The summed E-state index contributed by atoms with van der Waals surface area (Å²) < 4.78 is 66.6. The van der Waals surface area contributed by atoms with Crippen LogP contribution in [0.2, 0.25) is 0 Å². The lowest BCUT2D eigenvalue weighted by atomic mass is 9.98. The summed E-state index contributed by atoms with van der Waals surface area (Å²) in [6.07, 6.45) is -1.71. The van der Waals surface area contributed by atoms with E-state index in [2.05, 4.69) is 14.7 Å². The molecule has 2 aromatic carbocycles. The Balaban J connectivity index is 1.81. The molecule has 2 aromatic heterocycles. The molecule has 1 N–H and O–H groups in total. The van der Waals surface area contributed by atoms with E-state index in [0.717, 1.165) is 23.5 Å². The van der Waals surface area contributed by atoms with Gasteiger partial charge in [0, 0.05) is 28.7 Å². The number of benzene rings is 2. The number of nitriles is 1. The van der Waals surface area contributed by atoms with Gasteiger partial charge in [0.1, 0.15) is 0 Å². The fraction of sp³-hybridized carbons (Fsp3) is 0.0500. The molecule has 0 spiro atoms. The summed E-state index contributed by atoms with van der Waals surface area (Å²) in [6, 6.07) is 10.5. The highest BCUT2D eigenvalue weighted by Crippen LogP contribution is 2.35. The van der Waals surface area contributed by atoms with Crippen LogP contribution in [0, 0.1) is 11.3 Å². The lowest BCUT2D eigenvalue weighted by molar-refractivity contribution is -0.137. The molecule has 11 heteroatoms. The van der Waals surface area contributed by atoms with E-state index in [9.17, 15) is 26.9 Å². The molecule has 0 atom stereocenters. The average molecular weight is 460 g/mol. The summed E-state index contributed by atoms with van der Waals surface area (Å²) in [5, 5.41) is 12.2. The zero-order valence-corrected chi connectivity index (χ0v) is 17.0. The van der Waals surface area contributed by atoms with Gasteiger partial charge in [-0.3, -0.25) is 9.71 Å². The Bertz CT molecular complexity index is 1430. The summed E-state index contributed by atoms with van der Waals surface area (Å²) in [4.78, 5) is 8.10. The van der Waals surface area contributed by atoms with Crippen LogP contribution in [0.5, 0.6) is 0 Å². The maximum Gasteiger partial charge on any atom is 0.416 e. The van der Waals surface area contributed by atoms with E-state index in [4.69, 9.17) is 0 Å². The van der Waals surface area contributed by atoms with E-state index in [-0.39, 0.29) is 26.8 Å². The van der Waals surface area contributed by atoms with Gasteiger partial charge in [0.2, 0.25) is 0 Å². The van der Waals surface area contributed by atoms with Gasteiger partial charge in [-0.2, -0.15) is 18.4 Å². The van der Waals surface area contributed by atoms with Gasteiger partial charge < -0.3 is 0 Å². The number of aromatic nitrogens is 2. The van der Waals surface area contributed by atoms with Crippen molar-refractivity contribution in [2.24, 2.45) is 0 Å². The van der Waals surface area contributed by atoms with Crippen LogP contribution in [-0.2, 0) is 16.2 Å². The van der Waals surface area contributed by atoms with Crippen molar-refractivity contribution < 1.29 is 21.6 Å². The molecular formula is C20H11F3N4O2S2. The molecule has 0 bridgehead atoms. The van der Waals surface area contributed by atoms with Crippen molar-refractivity contribution in [3.63, 3.8) is 0 Å². The fourth-order valence-corrected chi connectivity index (χ4v) is 4.83. The number of nitrogens with one attached hydrogen (secondary N) is 1. The molecule has 4 aromatic rings. The van der Waals surface area contributed by atoms with Crippen molar-refractivity contribution in [3.8, 4) is 17.3 Å². The highest BCUT2D eigenvalue weighted by molar-refractivity contribution is 7.93. The van der Waals surface area contributed by atoms with E-state index >= 15 is 0 Å². The van der Waals surface area contributed by atoms with Crippen LogP contribution in [0.1, 0.15) is 11.1 Å². The monoisotopic (exact) mass is 460 g/mol.